The molecule has 5 heteroatoms. The van der Waals surface area contributed by atoms with Gasteiger partial charge in [-0.1, -0.05) is 19.1 Å². The van der Waals surface area contributed by atoms with Crippen molar-refractivity contribution in [2.45, 2.75) is 41.7 Å². The van der Waals surface area contributed by atoms with Crippen LogP contribution in [0, 0.1) is 26.6 Å². The third-order valence-electron chi connectivity index (χ3n) is 4.56. The first-order chi connectivity index (χ1) is 13.3. The summed E-state index contributed by atoms with van der Waals surface area (Å²) in [6, 6.07) is 11.7. The number of carbonyl (C=O) groups is 1. The summed E-state index contributed by atoms with van der Waals surface area (Å²) in [7, 11) is 0. The van der Waals surface area contributed by atoms with Crippen molar-refractivity contribution in [2.24, 2.45) is 0 Å². The van der Waals surface area contributed by atoms with Crippen LogP contribution in [0.25, 0.3) is 21.8 Å². The second kappa shape index (κ2) is 9.32. The Labute approximate surface area is 171 Å². The number of amides is 1. The third kappa shape index (κ3) is 5.41. The minimum absolute atomic E-state index is 0. The lowest BCUT2D eigenvalue weighted by Gasteiger charge is -2.04. The van der Waals surface area contributed by atoms with Crippen LogP contribution in [-0.4, -0.2) is 15.9 Å². The van der Waals surface area contributed by atoms with E-state index in [0.717, 1.165) is 22.0 Å². The molecule has 4 rings (SSSR count). The van der Waals surface area contributed by atoms with E-state index in [0.29, 0.717) is 5.56 Å². The Morgan fingerprint density at radius 3 is 2.55 bits per heavy atom. The van der Waals surface area contributed by atoms with Gasteiger partial charge in [-0.3, -0.25) is 9.78 Å². The van der Waals surface area contributed by atoms with Crippen molar-refractivity contribution in [1.29, 1.82) is 0 Å². The van der Waals surface area contributed by atoms with Gasteiger partial charge in [0.1, 0.15) is 5.82 Å². The number of carbonyl (C=O) groups excluding carboxylic acids is 1. The van der Waals surface area contributed by atoms with Crippen LogP contribution in [0.3, 0.4) is 0 Å². The van der Waals surface area contributed by atoms with E-state index in [1.165, 1.54) is 29.5 Å². The van der Waals surface area contributed by atoms with E-state index in [4.69, 9.17) is 0 Å². The quantitative estimate of drug-likeness (QED) is 0.456. The number of fused-ring (bicyclic) bond motifs is 2. The predicted octanol–water partition coefficient (Wildman–Crippen LogP) is 5.74. The van der Waals surface area contributed by atoms with Crippen LogP contribution >= 0.6 is 0 Å². The lowest BCUT2D eigenvalue weighted by atomic mass is 10.1. The van der Waals surface area contributed by atoms with Crippen LogP contribution in [0.5, 0.6) is 0 Å². The fourth-order valence-corrected chi connectivity index (χ4v) is 3.04. The van der Waals surface area contributed by atoms with Crippen molar-refractivity contribution in [2.75, 3.05) is 0 Å². The zero-order chi connectivity index (χ0) is 20.3. The second-order valence-corrected chi connectivity index (χ2v) is 7.08. The van der Waals surface area contributed by atoms with Gasteiger partial charge in [-0.25, -0.2) is 4.39 Å². The van der Waals surface area contributed by atoms with E-state index in [1.54, 1.807) is 6.07 Å². The van der Waals surface area contributed by atoms with Crippen molar-refractivity contribution in [3.05, 3.63) is 76.9 Å². The van der Waals surface area contributed by atoms with Crippen molar-refractivity contribution in [1.82, 2.24) is 15.3 Å². The number of halogens is 1. The van der Waals surface area contributed by atoms with Crippen molar-refractivity contribution < 1.29 is 9.18 Å². The molecule has 1 amide bonds. The molecule has 2 aromatic carbocycles. The topological polar surface area (TPSA) is 57.8 Å². The van der Waals surface area contributed by atoms with E-state index in [1.807, 2.05) is 19.3 Å². The van der Waals surface area contributed by atoms with Crippen molar-refractivity contribution >= 4 is 27.7 Å². The van der Waals surface area contributed by atoms with Gasteiger partial charge in [0.2, 0.25) is 5.91 Å². The first-order valence-electron chi connectivity index (χ1n) is 9.17. The molecule has 0 aliphatic carbocycles. The summed E-state index contributed by atoms with van der Waals surface area (Å²) < 4.78 is 13.6. The smallest absolute Gasteiger partial charge is 0.217 e. The normalized spacial score (nSPS) is 10.2. The maximum atomic E-state index is 13.6. The lowest BCUT2D eigenvalue weighted by Crippen LogP contribution is -2.19. The Morgan fingerprint density at radius 1 is 1.10 bits per heavy atom. The number of hydrogen-bond donors (Lipinski definition) is 2. The monoisotopic (exact) mass is 393 g/mol. The van der Waals surface area contributed by atoms with Gasteiger partial charge in [0.15, 0.2) is 0 Å². The lowest BCUT2D eigenvalue weighted by molar-refractivity contribution is -0.119. The molecular weight excluding hydrogens is 365 g/mol. The summed E-state index contributed by atoms with van der Waals surface area (Å²) in [6.07, 6.45) is 3.74. The molecule has 2 aromatic heterocycles. The highest BCUT2D eigenvalue weighted by Gasteiger charge is 2.07. The molecule has 0 aliphatic rings. The summed E-state index contributed by atoms with van der Waals surface area (Å²) >= 11 is 0. The largest absolute Gasteiger partial charge is 0.361 e. The van der Waals surface area contributed by atoms with Crippen molar-refractivity contribution in [3.8, 4) is 0 Å². The van der Waals surface area contributed by atoms with Gasteiger partial charge < -0.3 is 10.3 Å². The predicted molar refractivity (Wildman–Crippen MR) is 118 cm³/mol. The summed E-state index contributed by atoms with van der Waals surface area (Å²) in [5.74, 6) is -0.464. The molecule has 4 nitrogen and oxygen atoms in total. The fraction of sp³-hybridized carbons (Fsp3) is 0.250. The number of nitrogens with zero attached hydrogens (tertiary/aromatic N) is 1. The Kier molecular flexibility index (Phi) is 7.10. The van der Waals surface area contributed by atoms with Gasteiger partial charge in [0.25, 0.3) is 0 Å². The Bertz CT molecular complexity index is 1110. The highest BCUT2D eigenvalue weighted by molar-refractivity contribution is 5.84. The first-order valence-corrected chi connectivity index (χ1v) is 9.17. The number of aromatic amines is 1. The SMILES string of the molecule is C.CC(=O)NCc1cc2c(C)c[nH]c2cc1F.Cc1ccc2ncc(C)cc2c1. The van der Waals surface area contributed by atoms with E-state index < -0.39 is 0 Å². The zero-order valence-corrected chi connectivity index (χ0v) is 16.6. The highest BCUT2D eigenvalue weighted by atomic mass is 19.1. The van der Waals surface area contributed by atoms with Crippen LogP contribution < -0.4 is 5.32 Å². The van der Waals surface area contributed by atoms with Gasteiger partial charge in [0, 0.05) is 47.7 Å². The first kappa shape index (κ1) is 22.1. The van der Waals surface area contributed by atoms with Gasteiger partial charge in [-0.15, -0.1) is 0 Å². The van der Waals surface area contributed by atoms with Crippen molar-refractivity contribution in [3.63, 3.8) is 0 Å². The van der Waals surface area contributed by atoms with Gasteiger partial charge in [0.05, 0.1) is 5.52 Å². The van der Waals surface area contributed by atoms with Gasteiger partial charge in [-0.05, 0) is 62.2 Å². The molecule has 0 aliphatic heterocycles. The molecule has 0 saturated carbocycles. The molecule has 4 aromatic rings. The third-order valence-corrected chi connectivity index (χ3v) is 4.56. The Morgan fingerprint density at radius 2 is 1.83 bits per heavy atom. The molecule has 0 radical (unpaired) electrons. The minimum Gasteiger partial charge on any atom is -0.361 e. The number of aromatic nitrogens is 2. The average molecular weight is 394 g/mol. The average Bonchev–Trinajstić information content (AvgIpc) is 2.99. The Hall–Kier alpha value is -3.21. The molecule has 0 bridgehead atoms. The fourth-order valence-electron chi connectivity index (χ4n) is 3.04. The second-order valence-electron chi connectivity index (χ2n) is 7.08. The Balaban J connectivity index is 0.000000207. The highest BCUT2D eigenvalue weighted by Crippen LogP contribution is 2.21. The number of pyridine rings is 1. The standard InChI is InChI=1S/C12H13FN2O.C11H11N.CH4/c1-7-5-15-12-4-11(13)9(3-10(7)12)6-14-8(2)16;1-8-3-4-11-10(5-8)6-9(2)7-12-11;/h3-5,15H,6H2,1-2H3,(H,14,16);3-7H,1-2H3;1H4. The van der Waals surface area contributed by atoms with Gasteiger partial charge >= 0.3 is 0 Å². The number of nitrogens with one attached hydrogen (secondary N) is 2. The molecule has 152 valence electrons. The molecule has 0 saturated heterocycles. The summed E-state index contributed by atoms with van der Waals surface area (Å²) in [4.78, 5) is 18.1. The van der Waals surface area contributed by atoms with Crippen LogP contribution in [-0.2, 0) is 11.3 Å². The van der Waals surface area contributed by atoms with Crippen LogP contribution in [0.2, 0.25) is 0 Å². The summed E-state index contributed by atoms with van der Waals surface area (Å²) in [6.45, 7) is 7.76. The maximum Gasteiger partial charge on any atom is 0.217 e. The molecule has 0 unspecified atom stereocenters. The molecule has 29 heavy (non-hydrogen) atoms. The van der Waals surface area contributed by atoms with Crippen LogP contribution in [0.4, 0.5) is 4.39 Å². The number of H-pyrrole nitrogens is 1. The molecule has 0 spiro atoms. The van der Waals surface area contributed by atoms with E-state index >= 15 is 0 Å². The van der Waals surface area contributed by atoms with E-state index in [-0.39, 0.29) is 25.7 Å². The molecule has 0 fully saturated rings. The number of hydrogen-bond acceptors (Lipinski definition) is 2. The maximum absolute atomic E-state index is 13.6. The summed E-state index contributed by atoms with van der Waals surface area (Å²) in [5, 5.41) is 4.81. The number of rotatable bonds is 2. The van der Waals surface area contributed by atoms with E-state index in [2.05, 4.69) is 53.4 Å². The molecule has 2 heterocycles. The summed E-state index contributed by atoms with van der Waals surface area (Å²) in [5.41, 5.74) is 5.93. The minimum atomic E-state index is -0.303. The molecule has 2 N–H and O–H groups in total. The number of aryl methyl sites for hydroxylation is 3. The van der Waals surface area contributed by atoms with E-state index in [9.17, 15) is 9.18 Å². The molecular formula is C24H28FN3O. The number of benzene rings is 2. The van der Waals surface area contributed by atoms with Crippen LogP contribution in [0.15, 0.2) is 48.8 Å². The van der Waals surface area contributed by atoms with Crippen LogP contribution in [0.1, 0.15) is 36.6 Å². The molecule has 0 atom stereocenters. The zero-order valence-electron chi connectivity index (χ0n) is 16.6. The van der Waals surface area contributed by atoms with Gasteiger partial charge in [-0.2, -0.15) is 0 Å².